The van der Waals surface area contributed by atoms with E-state index in [0.29, 0.717) is 18.7 Å². The summed E-state index contributed by atoms with van der Waals surface area (Å²) >= 11 is 0. The van der Waals surface area contributed by atoms with E-state index in [1.165, 1.54) is 6.92 Å². The number of carboxylic acid groups (broad SMARTS) is 1. The molecule has 0 amide bonds. The van der Waals surface area contributed by atoms with Crippen molar-refractivity contribution in [1.29, 1.82) is 0 Å². The lowest BCUT2D eigenvalue weighted by atomic mass is 10.3. The summed E-state index contributed by atoms with van der Waals surface area (Å²) in [6.45, 7) is 2.08. The summed E-state index contributed by atoms with van der Waals surface area (Å²) < 4.78 is 1.78. The maximum absolute atomic E-state index is 11.1. The SMILES string of the molecule is CC(=O)c1cccn1CCCC(=O)O. The molecule has 1 aromatic heterocycles. The number of carbonyl (C=O) groups excluding carboxylic acids is 1. The summed E-state index contributed by atoms with van der Waals surface area (Å²) in [6, 6.07) is 3.53. The number of aromatic nitrogens is 1. The number of nitrogens with zero attached hydrogens (tertiary/aromatic N) is 1. The van der Waals surface area contributed by atoms with Gasteiger partial charge in [0.25, 0.3) is 0 Å². The molecule has 0 radical (unpaired) electrons. The van der Waals surface area contributed by atoms with E-state index in [0.717, 1.165) is 0 Å². The minimum atomic E-state index is -0.804. The van der Waals surface area contributed by atoms with Crippen molar-refractivity contribution in [3.63, 3.8) is 0 Å². The van der Waals surface area contributed by atoms with Crippen LogP contribution in [0.3, 0.4) is 0 Å². The monoisotopic (exact) mass is 195 g/mol. The molecule has 0 aliphatic carbocycles. The van der Waals surface area contributed by atoms with Gasteiger partial charge in [0.2, 0.25) is 0 Å². The fourth-order valence-corrected chi connectivity index (χ4v) is 1.33. The molecule has 1 aromatic rings. The molecule has 14 heavy (non-hydrogen) atoms. The molecule has 0 atom stereocenters. The zero-order chi connectivity index (χ0) is 10.6. The predicted molar refractivity (Wildman–Crippen MR) is 51.3 cm³/mol. The van der Waals surface area contributed by atoms with E-state index in [-0.39, 0.29) is 12.2 Å². The molecule has 1 N–H and O–H groups in total. The van der Waals surface area contributed by atoms with E-state index in [1.54, 1.807) is 22.9 Å². The zero-order valence-electron chi connectivity index (χ0n) is 8.06. The smallest absolute Gasteiger partial charge is 0.303 e. The molecule has 0 bridgehead atoms. The third-order valence-corrected chi connectivity index (χ3v) is 1.98. The second kappa shape index (κ2) is 4.60. The maximum atomic E-state index is 11.1. The van der Waals surface area contributed by atoms with Crippen LogP contribution in [0.25, 0.3) is 0 Å². The van der Waals surface area contributed by atoms with E-state index in [1.807, 2.05) is 0 Å². The molecule has 1 rings (SSSR count). The van der Waals surface area contributed by atoms with Gasteiger partial charge in [-0.1, -0.05) is 0 Å². The van der Waals surface area contributed by atoms with Crippen LogP contribution in [-0.2, 0) is 11.3 Å². The Kier molecular flexibility index (Phi) is 3.45. The highest BCUT2D eigenvalue weighted by atomic mass is 16.4. The van der Waals surface area contributed by atoms with Crippen LogP contribution in [0, 0.1) is 0 Å². The Morgan fingerprint density at radius 2 is 2.21 bits per heavy atom. The summed E-state index contributed by atoms with van der Waals surface area (Å²) in [5.41, 5.74) is 0.635. The third kappa shape index (κ3) is 2.73. The van der Waals surface area contributed by atoms with Crippen molar-refractivity contribution in [3.8, 4) is 0 Å². The number of ketones is 1. The second-order valence-corrected chi connectivity index (χ2v) is 3.14. The van der Waals surface area contributed by atoms with E-state index in [2.05, 4.69) is 0 Å². The lowest BCUT2D eigenvalue weighted by Gasteiger charge is -2.04. The first-order valence-corrected chi connectivity index (χ1v) is 4.49. The number of Topliss-reactive ketones (excluding diaryl/α,β-unsaturated/α-hetero) is 1. The highest BCUT2D eigenvalue weighted by Gasteiger charge is 2.05. The Labute approximate surface area is 82.2 Å². The number of hydrogen-bond acceptors (Lipinski definition) is 2. The summed E-state index contributed by atoms with van der Waals surface area (Å²) in [7, 11) is 0. The second-order valence-electron chi connectivity index (χ2n) is 3.14. The molecule has 1 heterocycles. The van der Waals surface area contributed by atoms with Crippen LogP contribution in [0.2, 0.25) is 0 Å². The van der Waals surface area contributed by atoms with Crippen LogP contribution in [0.4, 0.5) is 0 Å². The van der Waals surface area contributed by atoms with Crippen LogP contribution in [0.1, 0.15) is 30.3 Å². The molecule has 0 unspecified atom stereocenters. The van der Waals surface area contributed by atoms with Gasteiger partial charge in [-0.15, -0.1) is 0 Å². The van der Waals surface area contributed by atoms with Crippen molar-refractivity contribution in [1.82, 2.24) is 4.57 Å². The molecule has 0 aliphatic rings. The topological polar surface area (TPSA) is 59.3 Å². The molecule has 0 saturated heterocycles. The molecular formula is C10H13NO3. The van der Waals surface area contributed by atoms with Gasteiger partial charge in [-0.05, 0) is 18.6 Å². The minimum Gasteiger partial charge on any atom is -0.481 e. The van der Waals surface area contributed by atoms with Crippen LogP contribution >= 0.6 is 0 Å². The van der Waals surface area contributed by atoms with Crippen molar-refractivity contribution < 1.29 is 14.7 Å². The molecule has 0 fully saturated rings. The molecule has 0 spiro atoms. The highest BCUT2D eigenvalue weighted by Crippen LogP contribution is 2.05. The van der Waals surface area contributed by atoms with E-state index in [4.69, 9.17) is 5.11 Å². The summed E-state index contributed by atoms with van der Waals surface area (Å²) in [6.07, 6.45) is 2.47. The van der Waals surface area contributed by atoms with Crippen LogP contribution in [0.15, 0.2) is 18.3 Å². The first-order valence-electron chi connectivity index (χ1n) is 4.49. The fourth-order valence-electron chi connectivity index (χ4n) is 1.33. The van der Waals surface area contributed by atoms with Gasteiger partial charge in [-0.25, -0.2) is 0 Å². The van der Waals surface area contributed by atoms with Gasteiger partial charge in [0, 0.05) is 26.1 Å². The first kappa shape index (κ1) is 10.5. The lowest BCUT2D eigenvalue weighted by molar-refractivity contribution is -0.137. The predicted octanol–water partition coefficient (Wildman–Crippen LogP) is 1.56. The number of carbonyl (C=O) groups is 2. The Hall–Kier alpha value is -1.58. The Morgan fingerprint density at radius 1 is 1.50 bits per heavy atom. The summed E-state index contributed by atoms with van der Waals surface area (Å²) in [4.78, 5) is 21.4. The van der Waals surface area contributed by atoms with Gasteiger partial charge in [0.05, 0.1) is 5.69 Å². The Bertz CT molecular complexity index is 341. The first-order chi connectivity index (χ1) is 6.61. The molecule has 76 valence electrons. The number of hydrogen-bond donors (Lipinski definition) is 1. The van der Waals surface area contributed by atoms with Gasteiger partial charge in [-0.2, -0.15) is 0 Å². The largest absolute Gasteiger partial charge is 0.481 e. The summed E-state index contributed by atoms with van der Waals surface area (Å²) in [5.74, 6) is -0.799. The quantitative estimate of drug-likeness (QED) is 0.725. The third-order valence-electron chi connectivity index (χ3n) is 1.98. The van der Waals surface area contributed by atoms with Crippen LogP contribution in [0.5, 0.6) is 0 Å². The molecular weight excluding hydrogens is 182 g/mol. The van der Waals surface area contributed by atoms with Crippen molar-refractivity contribution in [2.75, 3.05) is 0 Å². The standard InChI is InChI=1S/C10H13NO3/c1-8(12)9-4-2-6-11(9)7-3-5-10(13)14/h2,4,6H,3,5,7H2,1H3,(H,13,14). The molecule has 0 aromatic carbocycles. The van der Waals surface area contributed by atoms with Gasteiger partial charge >= 0.3 is 5.97 Å². The molecule has 0 saturated carbocycles. The number of carboxylic acids is 1. The average Bonchev–Trinajstić information content (AvgIpc) is 2.51. The number of aryl methyl sites for hydroxylation is 1. The zero-order valence-corrected chi connectivity index (χ0v) is 8.06. The average molecular weight is 195 g/mol. The highest BCUT2D eigenvalue weighted by molar-refractivity contribution is 5.92. The van der Waals surface area contributed by atoms with E-state index in [9.17, 15) is 9.59 Å². The molecule has 4 heteroatoms. The Balaban J connectivity index is 2.54. The fraction of sp³-hybridized carbons (Fsp3) is 0.400. The van der Waals surface area contributed by atoms with Gasteiger partial charge < -0.3 is 9.67 Å². The van der Waals surface area contributed by atoms with Crippen molar-refractivity contribution in [2.45, 2.75) is 26.3 Å². The number of rotatable bonds is 5. The Morgan fingerprint density at radius 3 is 2.79 bits per heavy atom. The lowest BCUT2D eigenvalue weighted by Crippen LogP contribution is -2.07. The normalized spacial score (nSPS) is 10.1. The number of aliphatic carboxylic acids is 1. The van der Waals surface area contributed by atoms with Crippen LogP contribution in [-0.4, -0.2) is 21.4 Å². The van der Waals surface area contributed by atoms with E-state index >= 15 is 0 Å². The van der Waals surface area contributed by atoms with Crippen molar-refractivity contribution in [3.05, 3.63) is 24.0 Å². The van der Waals surface area contributed by atoms with Gasteiger partial charge in [0.15, 0.2) is 5.78 Å². The minimum absolute atomic E-state index is 0.00493. The van der Waals surface area contributed by atoms with Crippen LogP contribution < -0.4 is 0 Å². The van der Waals surface area contributed by atoms with Crippen molar-refractivity contribution >= 4 is 11.8 Å². The molecule has 4 nitrogen and oxygen atoms in total. The van der Waals surface area contributed by atoms with Gasteiger partial charge in [0.1, 0.15) is 0 Å². The molecule has 0 aliphatic heterocycles. The van der Waals surface area contributed by atoms with Crippen molar-refractivity contribution in [2.24, 2.45) is 0 Å². The van der Waals surface area contributed by atoms with E-state index < -0.39 is 5.97 Å². The summed E-state index contributed by atoms with van der Waals surface area (Å²) in [5, 5.41) is 8.44. The van der Waals surface area contributed by atoms with Gasteiger partial charge in [-0.3, -0.25) is 9.59 Å². The maximum Gasteiger partial charge on any atom is 0.303 e.